The van der Waals surface area contributed by atoms with Crippen molar-refractivity contribution in [2.45, 2.75) is 32.2 Å². The van der Waals surface area contributed by atoms with E-state index in [2.05, 4.69) is 5.53 Å². The maximum atomic E-state index is 11.6. The molecule has 2 aromatic rings. The molecule has 4 rings (SSSR count). The SMILES string of the molecule is Cc1ccc(N2NN3c4ccccc4N([N+](=O)[O-])C(C)C3C2O)cc1.O. The summed E-state index contributed by atoms with van der Waals surface area (Å²) in [7, 11) is 0. The molecule has 2 aromatic carbocycles. The fraction of sp³-hybridized carbons (Fsp3) is 0.294. The Morgan fingerprint density at radius 2 is 1.69 bits per heavy atom. The van der Waals surface area contributed by atoms with Gasteiger partial charge in [-0.3, -0.25) is 10.0 Å². The van der Waals surface area contributed by atoms with Crippen molar-refractivity contribution in [3.05, 3.63) is 64.2 Å². The van der Waals surface area contributed by atoms with Crippen LogP contribution in [-0.2, 0) is 0 Å². The van der Waals surface area contributed by atoms with Gasteiger partial charge in [-0.05, 0) is 38.1 Å². The van der Waals surface area contributed by atoms with Crippen molar-refractivity contribution < 1.29 is 15.6 Å². The number of para-hydroxylation sites is 2. The Balaban J connectivity index is 0.00000196. The standard InChI is InChI=1S/C17H19N5O3.H2O/c1-11-7-9-13(10-8-11)19-17(23)16-12(2)21(22(24)25)15-6-4-3-5-14(15)20(16)18-19;/h3-10,12,16-18,23H,1-2H3;1H2. The first-order chi connectivity index (χ1) is 12.0. The lowest BCUT2D eigenvalue weighted by molar-refractivity contribution is -0.501. The van der Waals surface area contributed by atoms with Crippen LogP contribution in [0.4, 0.5) is 17.1 Å². The number of nitro groups is 1. The number of hydrogen-bond acceptors (Lipinski definition) is 6. The largest absolute Gasteiger partial charge is 0.412 e. The van der Waals surface area contributed by atoms with Crippen LogP contribution in [0.5, 0.6) is 0 Å². The molecule has 1 fully saturated rings. The average Bonchev–Trinajstić information content (AvgIpc) is 2.94. The molecule has 9 heteroatoms. The molecule has 3 atom stereocenters. The van der Waals surface area contributed by atoms with Crippen LogP contribution >= 0.6 is 0 Å². The molecule has 1 saturated heterocycles. The number of hydrogen-bond donors (Lipinski definition) is 2. The molecule has 3 unspecified atom stereocenters. The number of aliphatic hydroxyl groups excluding tert-OH is 1. The second-order valence-electron chi connectivity index (χ2n) is 6.39. The monoisotopic (exact) mass is 359 g/mol. The van der Waals surface area contributed by atoms with E-state index in [0.29, 0.717) is 11.4 Å². The lowest BCUT2D eigenvalue weighted by Gasteiger charge is -2.38. The van der Waals surface area contributed by atoms with Gasteiger partial charge in [0.05, 0.1) is 11.4 Å². The van der Waals surface area contributed by atoms with Crippen molar-refractivity contribution in [3.8, 4) is 0 Å². The zero-order valence-corrected chi connectivity index (χ0v) is 14.4. The van der Waals surface area contributed by atoms with Crippen molar-refractivity contribution in [2.75, 3.05) is 15.0 Å². The molecule has 0 aliphatic carbocycles. The van der Waals surface area contributed by atoms with E-state index >= 15 is 0 Å². The second-order valence-corrected chi connectivity index (χ2v) is 6.39. The van der Waals surface area contributed by atoms with Gasteiger partial charge >= 0.3 is 0 Å². The highest BCUT2D eigenvalue weighted by atomic mass is 16.7. The molecule has 2 heterocycles. The molecule has 26 heavy (non-hydrogen) atoms. The summed E-state index contributed by atoms with van der Waals surface area (Å²) in [6, 6.07) is 13.8. The summed E-state index contributed by atoms with van der Waals surface area (Å²) in [5.41, 5.74) is 6.27. The van der Waals surface area contributed by atoms with Gasteiger partial charge < -0.3 is 10.6 Å². The molecule has 0 aromatic heterocycles. The third kappa shape index (κ3) is 2.53. The number of nitrogens with zero attached hydrogens (tertiary/aromatic N) is 4. The number of hydrazine groups is 3. The lowest BCUT2D eigenvalue weighted by Crippen LogP contribution is -2.59. The van der Waals surface area contributed by atoms with E-state index < -0.39 is 23.3 Å². The van der Waals surface area contributed by atoms with E-state index in [0.717, 1.165) is 16.3 Å². The number of aliphatic hydroxyl groups is 1. The van der Waals surface area contributed by atoms with E-state index in [1.807, 2.05) is 48.3 Å². The molecule has 0 bridgehead atoms. The fourth-order valence-corrected chi connectivity index (χ4v) is 3.59. The normalized spacial score (nSPS) is 24.0. The minimum absolute atomic E-state index is 0. The maximum Gasteiger partial charge on any atom is 0.166 e. The summed E-state index contributed by atoms with van der Waals surface area (Å²) >= 11 is 0. The van der Waals surface area contributed by atoms with Gasteiger partial charge in [0.1, 0.15) is 17.8 Å². The molecule has 2 aliphatic heterocycles. The molecule has 0 spiro atoms. The minimum Gasteiger partial charge on any atom is -0.412 e. The minimum atomic E-state index is -0.937. The van der Waals surface area contributed by atoms with Crippen molar-refractivity contribution in [1.82, 2.24) is 5.53 Å². The molecular formula is C17H21N5O4. The Kier molecular flexibility index (Phi) is 4.45. The van der Waals surface area contributed by atoms with E-state index in [1.165, 1.54) is 0 Å². The zero-order chi connectivity index (χ0) is 17.7. The third-order valence-electron chi connectivity index (χ3n) is 4.84. The molecule has 138 valence electrons. The van der Waals surface area contributed by atoms with Gasteiger partial charge in [0.2, 0.25) is 0 Å². The van der Waals surface area contributed by atoms with Crippen molar-refractivity contribution in [2.24, 2.45) is 0 Å². The molecule has 0 saturated carbocycles. The van der Waals surface area contributed by atoms with E-state index in [9.17, 15) is 15.2 Å². The highest BCUT2D eigenvalue weighted by molar-refractivity contribution is 5.74. The van der Waals surface area contributed by atoms with Crippen LogP contribution in [0.1, 0.15) is 12.5 Å². The number of nitrogens with one attached hydrogen (secondary N) is 1. The first kappa shape index (κ1) is 17.9. The topological polar surface area (TPSA) is 117 Å². The first-order valence-electron chi connectivity index (χ1n) is 8.11. The Hall–Kier alpha value is -2.88. The van der Waals surface area contributed by atoms with E-state index in [4.69, 9.17) is 0 Å². The Bertz CT molecular complexity index is 815. The smallest absolute Gasteiger partial charge is 0.166 e. The van der Waals surface area contributed by atoms with E-state index in [-0.39, 0.29) is 5.48 Å². The van der Waals surface area contributed by atoms with E-state index in [1.54, 1.807) is 24.1 Å². The predicted molar refractivity (Wildman–Crippen MR) is 98.1 cm³/mol. The lowest BCUT2D eigenvalue weighted by atomic mass is 10.0. The summed E-state index contributed by atoms with van der Waals surface area (Å²) in [5.74, 6) is 0. The Labute approximate surface area is 150 Å². The van der Waals surface area contributed by atoms with Gasteiger partial charge in [-0.25, -0.2) is 10.1 Å². The third-order valence-corrected chi connectivity index (χ3v) is 4.84. The van der Waals surface area contributed by atoms with Crippen LogP contribution < -0.4 is 20.6 Å². The summed E-state index contributed by atoms with van der Waals surface area (Å²) in [6.45, 7) is 3.74. The summed E-state index contributed by atoms with van der Waals surface area (Å²) in [6.07, 6.45) is -0.937. The van der Waals surface area contributed by atoms with Crippen LogP contribution in [0.2, 0.25) is 0 Å². The van der Waals surface area contributed by atoms with Gasteiger partial charge in [0.25, 0.3) is 0 Å². The Morgan fingerprint density at radius 3 is 2.31 bits per heavy atom. The summed E-state index contributed by atoms with van der Waals surface area (Å²) < 4.78 is 0. The molecule has 4 N–H and O–H groups in total. The average molecular weight is 359 g/mol. The zero-order valence-electron chi connectivity index (χ0n) is 14.4. The Morgan fingerprint density at radius 1 is 1.08 bits per heavy atom. The number of anilines is 3. The van der Waals surface area contributed by atoms with Crippen LogP contribution in [-0.4, -0.2) is 33.9 Å². The second kappa shape index (κ2) is 6.45. The molecule has 2 aliphatic rings. The van der Waals surface area contributed by atoms with Crippen LogP contribution in [0.25, 0.3) is 0 Å². The number of benzene rings is 2. The molecule has 0 radical (unpaired) electrons. The van der Waals surface area contributed by atoms with Crippen LogP contribution in [0.15, 0.2) is 48.5 Å². The molecule has 0 amide bonds. The maximum absolute atomic E-state index is 11.6. The van der Waals surface area contributed by atoms with Crippen molar-refractivity contribution in [1.29, 1.82) is 0 Å². The summed E-state index contributed by atoms with van der Waals surface area (Å²) in [4.78, 5) is 11.6. The van der Waals surface area contributed by atoms with Crippen LogP contribution in [0.3, 0.4) is 0 Å². The van der Waals surface area contributed by atoms with Gasteiger partial charge in [-0.2, -0.15) is 0 Å². The van der Waals surface area contributed by atoms with Gasteiger partial charge in [-0.1, -0.05) is 34.8 Å². The van der Waals surface area contributed by atoms with Gasteiger partial charge in [0.15, 0.2) is 11.3 Å². The number of fused-ring (bicyclic) bond motifs is 3. The predicted octanol–water partition coefficient (Wildman–Crippen LogP) is 1.00. The van der Waals surface area contributed by atoms with Crippen molar-refractivity contribution >= 4 is 17.1 Å². The number of aryl methyl sites for hydroxylation is 1. The fourth-order valence-electron chi connectivity index (χ4n) is 3.59. The molecule has 9 nitrogen and oxygen atoms in total. The number of rotatable bonds is 2. The van der Waals surface area contributed by atoms with Gasteiger partial charge in [-0.15, -0.1) is 5.53 Å². The highest BCUT2D eigenvalue weighted by Gasteiger charge is 2.52. The molecular weight excluding hydrogens is 338 g/mol. The highest BCUT2D eigenvalue weighted by Crippen LogP contribution is 2.41. The van der Waals surface area contributed by atoms with Crippen molar-refractivity contribution in [3.63, 3.8) is 0 Å². The van der Waals surface area contributed by atoms with Crippen LogP contribution in [0, 0.1) is 17.0 Å². The van der Waals surface area contributed by atoms with Gasteiger partial charge in [0, 0.05) is 0 Å². The summed E-state index contributed by atoms with van der Waals surface area (Å²) in [5, 5.41) is 26.6. The quantitative estimate of drug-likeness (QED) is 0.607. The first-order valence-corrected chi connectivity index (χ1v) is 8.11.